The average molecular weight is 290 g/mol. The summed E-state index contributed by atoms with van der Waals surface area (Å²) >= 11 is 6.26. The highest BCUT2D eigenvalue weighted by Crippen LogP contribution is 2.26. The molecule has 0 heterocycles. The molecule has 2 N–H and O–H groups in total. The standard InChI is InChI=1S/C16H16ClNO2/c1-20-16(19)15(18)10-13-8-7-12(9-14(13)17)11-5-3-2-4-6-11/h2-9,15H,10,18H2,1H3. The van der Waals surface area contributed by atoms with Gasteiger partial charge in [0.25, 0.3) is 0 Å². The van der Waals surface area contributed by atoms with Gasteiger partial charge >= 0.3 is 5.97 Å². The number of nitrogens with two attached hydrogens (primary N) is 1. The van der Waals surface area contributed by atoms with Gasteiger partial charge in [0.05, 0.1) is 7.11 Å². The Morgan fingerprint density at radius 1 is 1.20 bits per heavy atom. The normalized spacial score (nSPS) is 11.9. The lowest BCUT2D eigenvalue weighted by molar-refractivity contribution is -0.142. The van der Waals surface area contributed by atoms with Crippen molar-refractivity contribution in [2.45, 2.75) is 12.5 Å². The molecule has 0 aromatic heterocycles. The number of benzene rings is 2. The summed E-state index contributed by atoms with van der Waals surface area (Å²) < 4.78 is 4.61. The van der Waals surface area contributed by atoms with Crippen molar-refractivity contribution >= 4 is 17.6 Å². The van der Waals surface area contributed by atoms with Gasteiger partial charge in [0.1, 0.15) is 6.04 Å². The molecule has 0 aliphatic rings. The summed E-state index contributed by atoms with van der Waals surface area (Å²) in [6, 6.07) is 15.0. The number of esters is 1. The van der Waals surface area contributed by atoms with Gasteiger partial charge < -0.3 is 10.5 Å². The molecule has 1 unspecified atom stereocenters. The second kappa shape index (κ2) is 6.55. The molecule has 3 nitrogen and oxygen atoms in total. The summed E-state index contributed by atoms with van der Waals surface area (Å²) in [6.07, 6.45) is 0.362. The van der Waals surface area contributed by atoms with E-state index in [1.54, 1.807) is 0 Å². The largest absolute Gasteiger partial charge is 0.468 e. The number of carbonyl (C=O) groups excluding carboxylic acids is 1. The van der Waals surface area contributed by atoms with Crippen molar-refractivity contribution in [3.05, 3.63) is 59.1 Å². The molecule has 1 atom stereocenters. The van der Waals surface area contributed by atoms with Crippen molar-refractivity contribution < 1.29 is 9.53 Å². The predicted octanol–water partition coefficient (Wildman–Crippen LogP) is 3.05. The zero-order valence-electron chi connectivity index (χ0n) is 11.2. The van der Waals surface area contributed by atoms with E-state index in [1.807, 2.05) is 48.5 Å². The number of hydrogen-bond donors (Lipinski definition) is 1. The molecule has 2 aromatic rings. The lowest BCUT2D eigenvalue weighted by atomic mass is 10.0. The molecule has 2 rings (SSSR count). The third-order valence-electron chi connectivity index (χ3n) is 3.10. The maximum atomic E-state index is 11.3. The third-order valence-corrected chi connectivity index (χ3v) is 3.46. The molecule has 0 amide bonds. The number of hydrogen-bond acceptors (Lipinski definition) is 3. The smallest absolute Gasteiger partial charge is 0.322 e. The van der Waals surface area contributed by atoms with Gasteiger partial charge in [0, 0.05) is 5.02 Å². The average Bonchev–Trinajstić information content (AvgIpc) is 2.49. The quantitative estimate of drug-likeness (QED) is 0.880. The van der Waals surface area contributed by atoms with Gasteiger partial charge in [-0.3, -0.25) is 4.79 Å². The van der Waals surface area contributed by atoms with Crippen LogP contribution in [0, 0.1) is 0 Å². The van der Waals surface area contributed by atoms with Crippen LogP contribution in [0.1, 0.15) is 5.56 Å². The van der Waals surface area contributed by atoms with Crippen LogP contribution in [-0.2, 0) is 16.0 Å². The molecule has 20 heavy (non-hydrogen) atoms. The van der Waals surface area contributed by atoms with Crippen molar-refractivity contribution in [2.24, 2.45) is 5.73 Å². The Bertz CT molecular complexity index is 599. The summed E-state index contributed by atoms with van der Waals surface area (Å²) in [5.74, 6) is -0.437. The lowest BCUT2D eigenvalue weighted by Crippen LogP contribution is -2.33. The van der Waals surface area contributed by atoms with Crippen LogP contribution in [0.25, 0.3) is 11.1 Å². The molecule has 4 heteroatoms. The van der Waals surface area contributed by atoms with E-state index in [1.165, 1.54) is 7.11 Å². The van der Waals surface area contributed by atoms with E-state index in [4.69, 9.17) is 17.3 Å². The number of carbonyl (C=O) groups is 1. The minimum absolute atomic E-state index is 0.362. The Balaban J connectivity index is 2.20. The minimum atomic E-state index is -0.694. The Kier molecular flexibility index (Phi) is 4.77. The van der Waals surface area contributed by atoms with E-state index in [-0.39, 0.29) is 0 Å². The molecule has 0 saturated carbocycles. The van der Waals surface area contributed by atoms with Gasteiger partial charge in [-0.25, -0.2) is 0 Å². The van der Waals surface area contributed by atoms with E-state index >= 15 is 0 Å². The first kappa shape index (κ1) is 14.6. The van der Waals surface area contributed by atoms with Crippen LogP contribution in [-0.4, -0.2) is 19.1 Å². The maximum absolute atomic E-state index is 11.3. The molecule has 104 valence electrons. The van der Waals surface area contributed by atoms with Crippen LogP contribution in [0.3, 0.4) is 0 Å². The van der Waals surface area contributed by atoms with Gasteiger partial charge in [-0.15, -0.1) is 0 Å². The van der Waals surface area contributed by atoms with Crippen molar-refractivity contribution in [3.8, 4) is 11.1 Å². The van der Waals surface area contributed by atoms with Gasteiger partial charge in [-0.1, -0.05) is 54.1 Å². The number of ether oxygens (including phenoxy) is 1. The van der Waals surface area contributed by atoms with Gasteiger partial charge in [0.2, 0.25) is 0 Å². The Labute approximate surface area is 123 Å². The first-order valence-corrected chi connectivity index (χ1v) is 6.67. The van der Waals surface area contributed by atoms with E-state index in [0.29, 0.717) is 11.4 Å². The van der Waals surface area contributed by atoms with Crippen LogP contribution in [0.5, 0.6) is 0 Å². The fraction of sp³-hybridized carbons (Fsp3) is 0.188. The first-order valence-electron chi connectivity index (χ1n) is 6.29. The number of rotatable bonds is 4. The van der Waals surface area contributed by atoms with Crippen molar-refractivity contribution in [3.63, 3.8) is 0 Å². The molecule has 0 bridgehead atoms. The van der Waals surface area contributed by atoms with Gasteiger partial charge in [-0.2, -0.15) is 0 Å². The zero-order chi connectivity index (χ0) is 14.5. The van der Waals surface area contributed by atoms with Crippen LogP contribution in [0.2, 0.25) is 5.02 Å². The van der Waals surface area contributed by atoms with Gasteiger partial charge in [-0.05, 0) is 29.2 Å². The molecule has 2 aromatic carbocycles. The number of halogens is 1. The molecule has 0 fully saturated rings. The highest BCUT2D eigenvalue weighted by Gasteiger charge is 2.16. The van der Waals surface area contributed by atoms with E-state index < -0.39 is 12.0 Å². The molecular formula is C16H16ClNO2. The predicted molar refractivity (Wildman–Crippen MR) is 80.6 cm³/mol. The van der Waals surface area contributed by atoms with E-state index in [2.05, 4.69) is 4.74 Å². The van der Waals surface area contributed by atoms with E-state index in [9.17, 15) is 4.79 Å². The highest BCUT2D eigenvalue weighted by molar-refractivity contribution is 6.31. The second-order valence-corrected chi connectivity index (χ2v) is 4.91. The molecule has 0 aliphatic heterocycles. The maximum Gasteiger partial charge on any atom is 0.322 e. The first-order chi connectivity index (χ1) is 9.61. The molecule has 0 radical (unpaired) electrons. The van der Waals surface area contributed by atoms with E-state index in [0.717, 1.165) is 16.7 Å². The second-order valence-electron chi connectivity index (χ2n) is 4.51. The van der Waals surface area contributed by atoms with Crippen LogP contribution < -0.4 is 5.73 Å². The van der Waals surface area contributed by atoms with Crippen molar-refractivity contribution in [1.82, 2.24) is 0 Å². The molecule has 0 spiro atoms. The minimum Gasteiger partial charge on any atom is -0.468 e. The van der Waals surface area contributed by atoms with Crippen molar-refractivity contribution in [1.29, 1.82) is 0 Å². The summed E-state index contributed by atoms with van der Waals surface area (Å²) in [5, 5.41) is 0.603. The summed E-state index contributed by atoms with van der Waals surface area (Å²) in [5.41, 5.74) is 8.71. The lowest BCUT2D eigenvalue weighted by Gasteiger charge is -2.11. The Morgan fingerprint density at radius 2 is 1.90 bits per heavy atom. The fourth-order valence-corrected chi connectivity index (χ4v) is 2.25. The molecule has 0 saturated heterocycles. The van der Waals surface area contributed by atoms with Crippen LogP contribution in [0.4, 0.5) is 0 Å². The Hall–Kier alpha value is -1.84. The Morgan fingerprint density at radius 3 is 2.50 bits per heavy atom. The van der Waals surface area contributed by atoms with Gasteiger partial charge in [0.15, 0.2) is 0 Å². The SMILES string of the molecule is COC(=O)C(N)Cc1ccc(-c2ccccc2)cc1Cl. The van der Waals surface area contributed by atoms with Crippen molar-refractivity contribution in [2.75, 3.05) is 7.11 Å². The zero-order valence-corrected chi connectivity index (χ0v) is 11.9. The topological polar surface area (TPSA) is 52.3 Å². The molecular weight excluding hydrogens is 274 g/mol. The monoisotopic (exact) mass is 289 g/mol. The summed E-state index contributed by atoms with van der Waals surface area (Å²) in [7, 11) is 1.32. The van der Waals surface area contributed by atoms with Crippen LogP contribution >= 0.6 is 11.6 Å². The summed E-state index contributed by atoms with van der Waals surface area (Å²) in [6.45, 7) is 0. The third kappa shape index (κ3) is 3.38. The number of methoxy groups -OCH3 is 1. The summed E-state index contributed by atoms with van der Waals surface area (Å²) in [4.78, 5) is 11.3. The molecule has 0 aliphatic carbocycles. The van der Waals surface area contributed by atoms with Crippen LogP contribution in [0.15, 0.2) is 48.5 Å². The highest BCUT2D eigenvalue weighted by atomic mass is 35.5. The fourth-order valence-electron chi connectivity index (χ4n) is 1.99.